The predicted molar refractivity (Wildman–Crippen MR) is 67.0 cm³/mol. The highest BCUT2D eigenvalue weighted by Gasteiger charge is 2.17. The van der Waals surface area contributed by atoms with Gasteiger partial charge in [-0.1, -0.05) is 23.7 Å². The van der Waals surface area contributed by atoms with Gasteiger partial charge in [-0.15, -0.1) is 0 Å². The Morgan fingerprint density at radius 1 is 1.41 bits per heavy atom. The summed E-state index contributed by atoms with van der Waals surface area (Å²) in [7, 11) is 1.64. The minimum Gasteiger partial charge on any atom is -0.496 e. The van der Waals surface area contributed by atoms with Crippen LogP contribution in [-0.4, -0.2) is 12.3 Å². The van der Waals surface area contributed by atoms with Crippen LogP contribution in [0, 0.1) is 6.92 Å². The van der Waals surface area contributed by atoms with Crippen molar-refractivity contribution in [3.05, 3.63) is 29.3 Å². The summed E-state index contributed by atoms with van der Waals surface area (Å²) in [6.45, 7) is 4.04. The molecule has 4 nitrogen and oxygen atoms in total. The molecular formula is C13H16N2O2. The summed E-state index contributed by atoms with van der Waals surface area (Å²) in [5, 5.41) is 3.82. The fraction of sp³-hybridized carbons (Fsp3) is 0.308. The van der Waals surface area contributed by atoms with Gasteiger partial charge in [0.2, 0.25) is 0 Å². The van der Waals surface area contributed by atoms with E-state index in [2.05, 4.69) is 5.16 Å². The Bertz CT molecular complexity index is 532. The van der Waals surface area contributed by atoms with Gasteiger partial charge in [0.25, 0.3) is 0 Å². The molecule has 0 bridgehead atoms. The second-order valence-corrected chi connectivity index (χ2v) is 3.93. The molecular weight excluding hydrogens is 216 g/mol. The fourth-order valence-electron chi connectivity index (χ4n) is 1.87. The van der Waals surface area contributed by atoms with Crippen molar-refractivity contribution in [3.63, 3.8) is 0 Å². The van der Waals surface area contributed by atoms with Crippen LogP contribution in [0.15, 0.2) is 22.7 Å². The lowest BCUT2D eigenvalue weighted by Gasteiger charge is -2.07. The van der Waals surface area contributed by atoms with E-state index in [0.29, 0.717) is 11.6 Å². The van der Waals surface area contributed by atoms with Crippen LogP contribution in [0.1, 0.15) is 18.1 Å². The van der Waals surface area contributed by atoms with Crippen molar-refractivity contribution in [1.82, 2.24) is 5.16 Å². The van der Waals surface area contributed by atoms with E-state index in [1.807, 2.05) is 32.0 Å². The van der Waals surface area contributed by atoms with Crippen LogP contribution < -0.4 is 10.5 Å². The molecule has 1 heterocycles. The lowest BCUT2D eigenvalue weighted by Crippen LogP contribution is -1.93. The molecule has 0 atom stereocenters. The highest BCUT2D eigenvalue weighted by Crippen LogP contribution is 2.35. The number of rotatable bonds is 3. The minimum absolute atomic E-state index is 0.450. The van der Waals surface area contributed by atoms with E-state index in [-0.39, 0.29) is 0 Å². The first-order valence-electron chi connectivity index (χ1n) is 5.56. The van der Waals surface area contributed by atoms with Crippen LogP contribution in [0.5, 0.6) is 5.75 Å². The lowest BCUT2D eigenvalue weighted by molar-refractivity contribution is 0.406. The van der Waals surface area contributed by atoms with Crippen molar-refractivity contribution in [1.29, 1.82) is 0 Å². The highest BCUT2D eigenvalue weighted by molar-refractivity contribution is 5.72. The average molecular weight is 232 g/mol. The molecule has 0 spiro atoms. The van der Waals surface area contributed by atoms with Gasteiger partial charge in [-0.3, -0.25) is 0 Å². The molecule has 0 aliphatic heterocycles. The molecule has 1 aromatic heterocycles. The standard InChI is InChI=1S/C13H16N2O2/c1-4-9-12(17-15-13(9)14)10-7-8(2)5-6-11(10)16-3/h5-7H,4H2,1-3H3,(H2,14,15). The van der Waals surface area contributed by atoms with Crippen LogP contribution in [-0.2, 0) is 6.42 Å². The Balaban J connectivity index is 2.62. The Morgan fingerprint density at radius 2 is 2.18 bits per heavy atom. The van der Waals surface area contributed by atoms with Gasteiger partial charge in [0.05, 0.1) is 12.7 Å². The predicted octanol–water partition coefficient (Wildman–Crippen LogP) is 2.80. The summed E-state index contributed by atoms with van der Waals surface area (Å²) in [5.41, 5.74) is 8.73. The molecule has 0 aliphatic carbocycles. The summed E-state index contributed by atoms with van der Waals surface area (Å²) in [5.74, 6) is 1.91. The highest BCUT2D eigenvalue weighted by atomic mass is 16.5. The van der Waals surface area contributed by atoms with Gasteiger partial charge in [-0.2, -0.15) is 0 Å². The largest absolute Gasteiger partial charge is 0.496 e. The van der Waals surface area contributed by atoms with E-state index < -0.39 is 0 Å². The van der Waals surface area contributed by atoms with E-state index in [1.165, 1.54) is 0 Å². The molecule has 90 valence electrons. The molecule has 2 N–H and O–H groups in total. The number of hydrogen-bond acceptors (Lipinski definition) is 4. The first kappa shape index (κ1) is 11.5. The normalized spacial score (nSPS) is 10.5. The molecule has 0 saturated heterocycles. The van der Waals surface area contributed by atoms with E-state index in [0.717, 1.165) is 28.9 Å². The van der Waals surface area contributed by atoms with Gasteiger partial charge < -0.3 is 15.0 Å². The van der Waals surface area contributed by atoms with Gasteiger partial charge in [0.1, 0.15) is 5.75 Å². The van der Waals surface area contributed by atoms with Crippen molar-refractivity contribution in [2.75, 3.05) is 12.8 Å². The summed E-state index contributed by atoms with van der Waals surface area (Å²) < 4.78 is 10.6. The Labute approximate surface area is 100 Å². The van der Waals surface area contributed by atoms with E-state index in [1.54, 1.807) is 7.11 Å². The second-order valence-electron chi connectivity index (χ2n) is 3.93. The SMILES string of the molecule is CCc1c(N)noc1-c1cc(C)ccc1OC. The van der Waals surface area contributed by atoms with Crippen molar-refractivity contribution in [2.24, 2.45) is 0 Å². The lowest BCUT2D eigenvalue weighted by atomic mass is 10.0. The summed E-state index contributed by atoms with van der Waals surface area (Å²) >= 11 is 0. The number of anilines is 1. The van der Waals surface area contributed by atoms with E-state index in [4.69, 9.17) is 15.0 Å². The average Bonchev–Trinajstić information content (AvgIpc) is 2.70. The molecule has 0 amide bonds. The zero-order valence-electron chi connectivity index (χ0n) is 10.3. The molecule has 0 fully saturated rings. The zero-order valence-corrected chi connectivity index (χ0v) is 10.3. The van der Waals surface area contributed by atoms with E-state index >= 15 is 0 Å². The summed E-state index contributed by atoms with van der Waals surface area (Å²) in [6.07, 6.45) is 0.780. The maximum absolute atomic E-state index is 5.77. The van der Waals surface area contributed by atoms with Gasteiger partial charge in [0, 0.05) is 5.56 Å². The number of nitrogens with zero attached hydrogens (tertiary/aromatic N) is 1. The number of methoxy groups -OCH3 is 1. The molecule has 0 aliphatic rings. The maximum atomic E-state index is 5.77. The van der Waals surface area contributed by atoms with Crippen LogP contribution in [0.2, 0.25) is 0 Å². The first-order chi connectivity index (χ1) is 8.17. The van der Waals surface area contributed by atoms with Gasteiger partial charge >= 0.3 is 0 Å². The number of ether oxygens (including phenoxy) is 1. The Kier molecular flexibility index (Phi) is 3.04. The molecule has 2 rings (SSSR count). The third-order valence-corrected chi connectivity index (χ3v) is 2.77. The molecule has 2 aromatic rings. The van der Waals surface area contributed by atoms with Crippen molar-refractivity contribution >= 4 is 5.82 Å². The van der Waals surface area contributed by atoms with Crippen molar-refractivity contribution < 1.29 is 9.26 Å². The fourth-order valence-corrected chi connectivity index (χ4v) is 1.87. The number of hydrogen-bond donors (Lipinski definition) is 1. The third kappa shape index (κ3) is 1.98. The Morgan fingerprint density at radius 3 is 2.82 bits per heavy atom. The van der Waals surface area contributed by atoms with Gasteiger partial charge in [-0.05, 0) is 25.5 Å². The van der Waals surface area contributed by atoms with E-state index in [9.17, 15) is 0 Å². The van der Waals surface area contributed by atoms with Crippen molar-refractivity contribution in [3.8, 4) is 17.1 Å². The van der Waals surface area contributed by atoms with Gasteiger partial charge in [-0.25, -0.2) is 0 Å². The topological polar surface area (TPSA) is 61.3 Å². The summed E-state index contributed by atoms with van der Waals surface area (Å²) in [4.78, 5) is 0. The number of nitrogens with two attached hydrogens (primary N) is 1. The summed E-state index contributed by atoms with van der Waals surface area (Å²) in [6, 6.07) is 5.93. The monoisotopic (exact) mass is 232 g/mol. The van der Waals surface area contributed by atoms with Gasteiger partial charge in [0.15, 0.2) is 11.6 Å². The number of benzene rings is 1. The zero-order chi connectivity index (χ0) is 12.4. The number of aryl methyl sites for hydroxylation is 1. The smallest absolute Gasteiger partial charge is 0.175 e. The molecule has 0 unspecified atom stereocenters. The third-order valence-electron chi connectivity index (χ3n) is 2.77. The van der Waals surface area contributed by atoms with Crippen LogP contribution in [0.25, 0.3) is 11.3 Å². The molecule has 17 heavy (non-hydrogen) atoms. The molecule has 0 radical (unpaired) electrons. The van der Waals surface area contributed by atoms with Crippen LogP contribution in [0.3, 0.4) is 0 Å². The first-order valence-corrected chi connectivity index (χ1v) is 5.56. The van der Waals surface area contributed by atoms with Crippen molar-refractivity contribution in [2.45, 2.75) is 20.3 Å². The van der Waals surface area contributed by atoms with Crippen LogP contribution >= 0.6 is 0 Å². The maximum Gasteiger partial charge on any atom is 0.175 e. The second kappa shape index (κ2) is 4.49. The minimum atomic E-state index is 0.450. The number of nitrogen functional groups attached to an aromatic ring is 1. The molecule has 4 heteroatoms. The molecule has 0 saturated carbocycles. The quantitative estimate of drug-likeness (QED) is 0.883. The Hall–Kier alpha value is -1.97. The van der Waals surface area contributed by atoms with Crippen LogP contribution in [0.4, 0.5) is 5.82 Å². The number of aromatic nitrogens is 1. The molecule has 1 aromatic carbocycles.